The molecule has 1 aromatic heterocycles. The molecule has 0 spiro atoms. The van der Waals surface area contributed by atoms with Crippen molar-refractivity contribution in [2.75, 3.05) is 0 Å². The molecule has 0 aliphatic heterocycles. The highest BCUT2D eigenvalue weighted by atomic mass is 35.5. The molecule has 0 unspecified atom stereocenters. The van der Waals surface area contributed by atoms with Crippen LogP contribution < -0.4 is 0 Å². The van der Waals surface area contributed by atoms with E-state index in [0.717, 1.165) is 11.8 Å². The van der Waals surface area contributed by atoms with Crippen molar-refractivity contribution < 1.29 is 0 Å². The van der Waals surface area contributed by atoms with Crippen LogP contribution in [-0.2, 0) is 6.42 Å². The normalized spacial score (nSPS) is 11.2. The number of halogens is 1. The van der Waals surface area contributed by atoms with Crippen LogP contribution in [0.1, 0.15) is 19.4 Å². The summed E-state index contributed by atoms with van der Waals surface area (Å²) in [5.74, 6) is 0.655. The van der Waals surface area contributed by atoms with Gasteiger partial charge in [0.05, 0.1) is 0 Å². The molecule has 0 radical (unpaired) electrons. The van der Waals surface area contributed by atoms with Crippen molar-refractivity contribution in [2.45, 2.75) is 20.3 Å². The van der Waals surface area contributed by atoms with E-state index in [2.05, 4.69) is 24.9 Å². The van der Waals surface area contributed by atoms with Gasteiger partial charge in [-0.15, -0.1) is 0 Å². The predicted molar refractivity (Wildman–Crippen MR) is 65.3 cm³/mol. The quantitative estimate of drug-likeness (QED) is 0.694. The minimum atomic E-state index is 0.595. The largest absolute Gasteiger partial charge is 0.244 e. The number of fused-ring (bicyclic) bond motifs is 1. The number of pyridine rings is 1. The van der Waals surface area contributed by atoms with Gasteiger partial charge in [0.15, 0.2) is 0 Å². The third-order valence-corrected chi connectivity index (χ3v) is 2.78. The molecule has 2 aromatic rings. The SMILES string of the molecule is CC(C)Cc1cccc2c(Cl)nccc12. The predicted octanol–water partition coefficient (Wildman–Crippen LogP) is 4.09. The van der Waals surface area contributed by atoms with E-state index in [1.807, 2.05) is 18.2 Å². The molecule has 15 heavy (non-hydrogen) atoms. The summed E-state index contributed by atoms with van der Waals surface area (Å²) >= 11 is 6.05. The Bertz CT molecular complexity index is 477. The van der Waals surface area contributed by atoms with Gasteiger partial charge in [0.25, 0.3) is 0 Å². The minimum absolute atomic E-state index is 0.595. The van der Waals surface area contributed by atoms with Gasteiger partial charge in [-0.3, -0.25) is 0 Å². The summed E-state index contributed by atoms with van der Waals surface area (Å²) < 4.78 is 0. The van der Waals surface area contributed by atoms with Gasteiger partial charge in [-0.25, -0.2) is 4.98 Å². The first-order valence-electron chi connectivity index (χ1n) is 5.20. The summed E-state index contributed by atoms with van der Waals surface area (Å²) in [5.41, 5.74) is 1.35. The first kappa shape index (κ1) is 10.4. The van der Waals surface area contributed by atoms with Gasteiger partial charge in [-0.05, 0) is 29.4 Å². The van der Waals surface area contributed by atoms with E-state index in [0.29, 0.717) is 11.1 Å². The first-order valence-corrected chi connectivity index (χ1v) is 5.58. The highest BCUT2D eigenvalue weighted by molar-refractivity contribution is 6.34. The van der Waals surface area contributed by atoms with E-state index in [4.69, 9.17) is 11.6 Å². The molecule has 1 nitrogen and oxygen atoms in total. The van der Waals surface area contributed by atoms with Gasteiger partial charge in [0.1, 0.15) is 5.15 Å². The molecule has 0 bridgehead atoms. The standard InChI is InChI=1S/C13H14ClN/c1-9(2)8-10-4-3-5-12-11(10)6-7-15-13(12)14/h3-7,9H,8H2,1-2H3. The molecule has 0 saturated heterocycles. The van der Waals surface area contributed by atoms with E-state index < -0.39 is 0 Å². The van der Waals surface area contributed by atoms with Crippen LogP contribution in [0.2, 0.25) is 5.15 Å². The molecule has 2 rings (SSSR count). The smallest absolute Gasteiger partial charge is 0.136 e. The molecule has 1 aromatic carbocycles. The van der Waals surface area contributed by atoms with Crippen molar-refractivity contribution in [3.05, 3.63) is 41.2 Å². The third-order valence-electron chi connectivity index (χ3n) is 2.48. The lowest BCUT2D eigenvalue weighted by Gasteiger charge is -2.09. The molecular formula is C13H14ClN. The Morgan fingerprint density at radius 3 is 2.73 bits per heavy atom. The maximum absolute atomic E-state index is 6.05. The molecule has 78 valence electrons. The summed E-state index contributed by atoms with van der Waals surface area (Å²) in [6.07, 6.45) is 2.85. The fraction of sp³-hybridized carbons (Fsp3) is 0.308. The Morgan fingerprint density at radius 2 is 2.00 bits per heavy atom. The van der Waals surface area contributed by atoms with Crippen LogP contribution in [0.15, 0.2) is 30.5 Å². The molecular weight excluding hydrogens is 206 g/mol. The highest BCUT2D eigenvalue weighted by Crippen LogP contribution is 2.25. The lowest BCUT2D eigenvalue weighted by Crippen LogP contribution is -1.95. The molecule has 0 saturated carbocycles. The van der Waals surface area contributed by atoms with Gasteiger partial charge in [-0.1, -0.05) is 43.6 Å². The lowest BCUT2D eigenvalue weighted by atomic mass is 9.98. The van der Waals surface area contributed by atoms with Gasteiger partial charge >= 0.3 is 0 Å². The summed E-state index contributed by atoms with van der Waals surface area (Å²) in [6.45, 7) is 4.45. The van der Waals surface area contributed by atoms with Gasteiger partial charge < -0.3 is 0 Å². The first-order chi connectivity index (χ1) is 7.18. The summed E-state index contributed by atoms with van der Waals surface area (Å²) in [7, 11) is 0. The number of aromatic nitrogens is 1. The maximum atomic E-state index is 6.05. The lowest BCUT2D eigenvalue weighted by molar-refractivity contribution is 0.650. The van der Waals surface area contributed by atoms with Crippen LogP contribution in [0.5, 0.6) is 0 Å². The molecule has 0 aliphatic rings. The maximum Gasteiger partial charge on any atom is 0.136 e. The summed E-state index contributed by atoms with van der Waals surface area (Å²) in [5, 5.41) is 2.88. The number of hydrogen-bond acceptors (Lipinski definition) is 1. The molecule has 0 amide bonds. The Morgan fingerprint density at radius 1 is 1.20 bits per heavy atom. The average molecular weight is 220 g/mol. The number of rotatable bonds is 2. The van der Waals surface area contributed by atoms with Crippen LogP contribution in [0.3, 0.4) is 0 Å². The van der Waals surface area contributed by atoms with E-state index in [-0.39, 0.29) is 0 Å². The van der Waals surface area contributed by atoms with Crippen LogP contribution in [0.25, 0.3) is 10.8 Å². The molecule has 0 fully saturated rings. The van der Waals surface area contributed by atoms with E-state index in [1.165, 1.54) is 10.9 Å². The molecule has 1 heterocycles. The van der Waals surface area contributed by atoms with E-state index in [1.54, 1.807) is 6.20 Å². The van der Waals surface area contributed by atoms with Crippen molar-refractivity contribution in [1.82, 2.24) is 4.98 Å². The number of benzene rings is 1. The van der Waals surface area contributed by atoms with Crippen molar-refractivity contribution in [2.24, 2.45) is 5.92 Å². The average Bonchev–Trinajstić information content (AvgIpc) is 2.19. The second-order valence-corrected chi connectivity index (χ2v) is 4.57. The van der Waals surface area contributed by atoms with Crippen molar-refractivity contribution in [1.29, 1.82) is 0 Å². The molecule has 2 heteroatoms. The third kappa shape index (κ3) is 2.13. The molecule has 0 N–H and O–H groups in total. The Hall–Kier alpha value is -1.08. The van der Waals surface area contributed by atoms with Crippen LogP contribution in [0, 0.1) is 5.92 Å². The molecule has 0 aliphatic carbocycles. The fourth-order valence-electron chi connectivity index (χ4n) is 1.85. The van der Waals surface area contributed by atoms with Crippen molar-refractivity contribution in [3.8, 4) is 0 Å². The second-order valence-electron chi connectivity index (χ2n) is 4.21. The highest BCUT2D eigenvalue weighted by Gasteiger charge is 2.05. The zero-order valence-electron chi connectivity index (χ0n) is 9.00. The molecule has 0 atom stereocenters. The van der Waals surface area contributed by atoms with Gasteiger partial charge in [0.2, 0.25) is 0 Å². The number of hydrogen-bond donors (Lipinski definition) is 0. The van der Waals surface area contributed by atoms with Gasteiger partial charge in [0, 0.05) is 11.6 Å². The second kappa shape index (κ2) is 4.19. The summed E-state index contributed by atoms with van der Waals surface area (Å²) in [4.78, 5) is 4.09. The van der Waals surface area contributed by atoms with Crippen molar-refractivity contribution in [3.63, 3.8) is 0 Å². The Labute approximate surface area is 95.1 Å². The topological polar surface area (TPSA) is 12.9 Å². The van der Waals surface area contributed by atoms with E-state index >= 15 is 0 Å². The zero-order valence-corrected chi connectivity index (χ0v) is 9.75. The Balaban J connectivity index is 2.61. The number of nitrogens with zero attached hydrogens (tertiary/aromatic N) is 1. The fourth-order valence-corrected chi connectivity index (χ4v) is 2.08. The minimum Gasteiger partial charge on any atom is -0.244 e. The van der Waals surface area contributed by atoms with Gasteiger partial charge in [-0.2, -0.15) is 0 Å². The van der Waals surface area contributed by atoms with Crippen LogP contribution >= 0.6 is 11.6 Å². The Kier molecular flexibility index (Phi) is 2.92. The van der Waals surface area contributed by atoms with Crippen molar-refractivity contribution >= 4 is 22.4 Å². The van der Waals surface area contributed by atoms with Crippen LogP contribution in [0.4, 0.5) is 0 Å². The zero-order chi connectivity index (χ0) is 10.8. The monoisotopic (exact) mass is 219 g/mol. The van der Waals surface area contributed by atoms with Crippen LogP contribution in [-0.4, -0.2) is 4.98 Å². The summed E-state index contributed by atoms with van der Waals surface area (Å²) in [6, 6.07) is 8.28. The van der Waals surface area contributed by atoms with E-state index in [9.17, 15) is 0 Å².